The normalized spacial score (nSPS) is 12.7. The van der Waals surface area contributed by atoms with E-state index in [1.54, 1.807) is 18.4 Å². The summed E-state index contributed by atoms with van der Waals surface area (Å²) in [5.41, 5.74) is 0.619. The van der Waals surface area contributed by atoms with Crippen LogP contribution in [0.2, 0.25) is 5.02 Å². The van der Waals surface area contributed by atoms with E-state index < -0.39 is 27.8 Å². The number of aromatic nitrogens is 1. The van der Waals surface area contributed by atoms with Gasteiger partial charge in [0, 0.05) is 28.8 Å². The molecule has 0 aliphatic carbocycles. The van der Waals surface area contributed by atoms with Crippen molar-refractivity contribution in [3.8, 4) is 0 Å². The maximum absolute atomic E-state index is 13.7. The lowest BCUT2D eigenvalue weighted by Gasteiger charge is -2.11. The smallest absolute Gasteiger partial charge is 0.263 e. The zero-order valence-corrected chi connectivity index (χ0v) is 17.6. The molecule has 5 nitrogen and oxygen atoms in total. The van der Waals surface area contributed by atoms with Gasteiger partial charge in [-0.25, -0.2) is 22.2 Å². The van der Waals surface area contributed by atoms with Crippen molar-refractivity contribution in [3.05, 3.63) is 75.3 Å². The molecule has 0 amide bonds. The van der Waals surface area contributed by atoms with Crippen LogP contribution in [0.3, 0.4) is 0 Å². The molecular formula is C19H17ClF2N2O3S2. The van der Waals surface area contributed by atoms with E-state index in [9.17, 15) is 22.3 Å². The van der Waals surface area contributed by atoms with Gasteiger partial charge in [0.2, 0.25) is 0 Å². The van der Waals surface area contributed by atoms with Crippen LogP contribution in [0.4, 0.5) is 13.9 Å². The second-order valence-corrected chi connectivity index (χ2v) is 9.29. The number of hydrogen-bond donors (Lipinski definition) is 2. The third-order valence-electron chi connectivity index (χ3n) is 4.23. The van der Waals surface area contributed by atoms with Crippen molar-refractivity contribution in [2.75, 3.05) is 4.72 Å². The first-order valence-corrected chi connectivity index (χ1v) is 11.2. The molecule has 0 saturated carbocycles. The molecule has 1 atom stereocenters. The highest BCUT2D eigenvalue weighted by atomic mass is 35.5. The number of aliphatic hydroxyl groups is 1. The number of rotatable bonds is 7. The van der Waals surface area contributed by atoms with Crippen LogP contribution < -0.4 is 4.72 Å². The maximum atomic E-state index is 13.7. The predicted molar refractivity (Wildman–Crippen MR) is 109 cm³/mol. The summed E-state index contributed by atoms with van der Waals surface area (Å²) in [5.74, 6) is -1.46. The molecule has 3 aromatic rings. The number of thiazole rings is 1. The van der Waals surface area contributed by atoms with Crippen LogP contribution in [0.25, 0.3) is 0 Å². The number of halogens is 3. The third kappa shape index (κ3) is 5.11. The molecule has 0 aliphatic heterocycles. The van der Waals surface area contributed by atoms with E-state index in [-0.39, 0.29) is 28.4 Å². The third-order valence-corrected chi connectivity index (χ3v) is 7.06. The average molecular weight is 459 g/mol. The van der Waals surface area contributed by atoms with Crippen LogP contribution in [0.15, 0.2) is 46.7 Å². The molecule has 29 heavy (non-hydrogen) atoms. The highest BCUT2D eigenvalue weighted by Gasteiger charge is 2.21. The minimum absolute atomic E-state index is 0.0161. The van der Waals surface area contributed by atoms with Crippen molar-refractivity contribution in [2.24, 2.45) is 0 Å². The van der Waals surface area contributed by atoms with E-state index >= 15 is 0 Å². The highest BCUT2D eigenvalue weighted by Crippen LogP contribution is 2.26. The number of nitrogens with zero attached hydrogens (tertiary/aromatic N) is 1. The minimum atomic E-state index is -3.89. The summed E-state index contributed by atoms with van der Waals surface area (Å²) in [6, 6.07) is 8.07. The van der Waals surface area contributed by atoms with Crippen molar-refractivity contribution >= 4 is 38.1 Å². The van der Waals surface area contributed by atoms with Gasteiger partial charge in [-0.2, -0.15) is 0 Å². The predicted octanol–water partition coefficient (Wildman–Crippen LogP) is 4.33. The van der Waals surface area contributed by atoms with Gasteiger partial charge in [-0.3, -0.25) is 4.72 Å². The molecular weight excluding hydrogens is 442 g/mol. The van der Waals surface area contributed by atoms with Crippen LogP contribution in [-0.2, 0) is 22.9 Å². The molecule has 1 aromatic heterocycles. The lowest BCUT2D eigenvalue weighted by molar-refractivity contribution is 0.171. The van der Waals surface area contributed by atoms with E-state index in [0.717, 1.165) is 23.5 Å². The Hall–Kier alpha value is -2.07. The summed E-state index contributed by atoms with van der Waals surface area (Å²) in [6.45, 7) is 1.60. The molecule has 0 aliphatic rings. The molecule has 1 heterocycles. The summed E-state index contributed by atoms with van der Waals surface area (Å²) in [5, 5.41) is 12.2. The molecule has 0 fully saturated rings. The summed E-state index contributed by atoms with van der Waals surface area (Å²) in [4.78, 5) is 4.19. The van der Waals surface area contributed by atoms with E-state index in [0.29, 0.717) is 16.3 Å². The molecule has 2 aromatic carbocycles. The zero-order chi connectivity index (χ0) is 21.2. The van der Waals surface area contributed by atoms with Crippen LogP contribution in [-0.4, -0.2) is 24.6 Å². The quantitative estimate of drug-likeness (QED) is 0.552. The Bertz CT molecular complexity index is 1120. The molecule has 1 unspecified atom stereocenters. The number of hydrogen-bond acceptors (Lipinski definition) is 5. The van der Waals surface area contributed by atoms with Crippen molar-refractivity contribution in [2.45, 2.75) is 30.8 Å². The van der Waals surface area contributed by atoms with E-state index in [1.165, 1.54) is 18.2 Å². The van der Waals surface area contributed by atoms with Gasteiger partial charge in [0.15, 0.2) is 5.13 Å². The van der Waals surface area contributed by atoms with E-state index in [4.69, 9.17) is 11.6 Å². The number of benzene rings is 2. The van der Waals surface area contributed by atoms with Crippen molar-refractivity contribution in [3.63, 3.8) is 0 Å². The first-order chi connectivity index (χ1) is 13.7. The summed E-state index contributed by atoms with van der Waals surface area (Å²) in [6.07, 6.45) is -1.29. The van der Waals surface area contributed by atoms with E-state index in [1.807, 2.05) is 0 Å². The Morgan fingerprint density at radius 1 is 1.17 bits per heavy atom. The molecule has 0 bridgehead atoms. The van der Waals surface area contributed by atoms with Crippen molar-refractivity contribution in [1.29, 1.82) is 0 Å². The van der Waals surface area contributed by atoms with Crippen LogP contribution >= 0.6 is 22.9 Å². The van der Waals surface area contributed by atoms with E-state index in [2.05, 4.69) is 9.71 Å². The summed E-state index contributed by atoms with van der Waals surface area (Å²) in [7, 11) is -3.89. The minimum Gasteiger partial charge on any atom is -0.392 e. The molecule has 3 rings (SSSR count). The molecule has 0 saturated heterocycles. The number of anilines is 1. The number of aliphatic hydroxyl groups excluding tert-OH is 1. The number of sulfonamides is 1. The van der Waals surface area contributed by atoms with Crippen LogP contribution in [0, 0.1) is 18.6 Å². The van der Waals surface area contributed by atoms with Gasteiger partial charge in [0.1, 0.15) is 11.6 Å². The summed E-state index contributed by atoms with van der Waals surface area (Å²) >= 11 is 7.03. The topological polar surface area (TPSA) is 79.3 Å². The lowest BCUT2D eigenvalue weighted by atomic mass is 10.0. The zero-order valence-electron chi connectivity index (χ0n) is 15.2. The fraction of sp³-hybridized carbons (Fsp3) is 0.211. The fourth-order valence-electron chi connectivity index (χ4n) is 2.77. The molecule has 10 heteroatoms. The summed E-state index contributed by atoms with van der Waals surface area (Å²) < 4.78 is 55.0. The van der Waals surface area contributed by atoms with Gasteiger partial charge in [0.05, 0.1) is 16.7 Å². The van der Waals surface area contributed by atoms with Gasteiger partial charge in [0.25, 0.3) is 10.0 Å². The molecule has 0 spiro atoms. The van der Waals surface area contributed by atoms with Crippen molar-refractivity contribution < 1.29 is 22.3 Å². The van der Waals surface area contributed by atoms with Crippen LogP contribution in [0.1, 0.15) is 16.8 Å². The van der Waals surface area contributed by atoms with Gasteiger partial charge in [-0.1, -0.05) is 23.7 Å². The van der Waals surface area contributed by atoms with Gasteiger partial charge in [-0.15, -0.1) is 11.3 Å². The Morgan fingerprint density at radius 2 is 1.83 bits per heavy atom. The molecule has 0 radical (unpaired) electrons. The largest absolute Gasteiger partial charge is 0.392 e. The Labute approximate surface area is 176 Å². The van der Waals surface area contributed by atoms with Crippen molar-refractivity contribution in [1.82, 2.24) is 4.98 Å². The standard InChI is InChI=1S/C19H17ClF2N2O3S2/c1-11-15(20)4-2-7-18(11)29(26,27)24-19-23-12(10-28-19)8-13(25)9-14-16(21)5-3-6-17(14)22/h2-7,10,13,25H,8-9H2,1H3,(H,23,24). The SMILES string of the molecule is Cc1c(Cl)cccc1S(=O)(=O)Nc1nc(CC(O)Cc2c(F)cccc2F)cs1. The van der Waals surface area contributed by atoms with Crippen LogP contribution in [0.5, 0.6) is 0 Å². The average Bonchev–Trinajstić information content (AvgIpc) is 3.06. The second kappa shape index (κ2) is 8.74. The number of nitrogens with one attached hydrogen (secondary N) is 1. The van der Waals surface area contributed by atoms with Gasteiger partial charge >= 0.3 is 0 Å². The van der Waals surface area contributed by atoms with Gasteiger partial charge in [-0.05, 0) is 36.8 Å². The first kappa shape index (κ1) is 21.6. The first-order valence-electron chi connectivity index (χ1n) is 8.50. The Kier molecular flexibility index (Phi) is 6.52. The highest BCUT2D eigenvalue weighted by molar-refractivity contribution is 7.93. The maximum Gasteiger partial charge on any atom is 0.263 e. The van der Waals surface area contributed by atoms with Gasteiger partial charge < -0.3 is 5.11 Å². The Balaban J connectivity index is 1.70. The second-order valence-electron chi connectivity index (χ2n) is 6.37. The Morgan fingerprint density at radius 3 is 2.52 bits per heavy atom. The molecule has 2 N–H and O–H groups in total. The monoisotopic (exact) mass is 458 g/mol. The lowest BCUT2D eigenvalue weighted by Crippen LogP contribution is -2.17. The molecule has 154 valence electrons. The fourth-order valence-corrected chi connectivity index (χ4v) is 5.25.